The minimum atomic E-state index is -0.973. The SMILES string of the molecule is C#C[C@]1(O)CC[C@H]2[C@@H]3CCC4=CC(=O)CC[C@@H]4[C@H]3C(=C)C[C@@]21CC.C#C[C@]1(O)CC[C@H]2[C@@H]3CCC4=CC(=O)CC[C@@H]4[C@H]3C(=C)C[C@@]21CC.CCCCCCCCCCC(=O)O.CCCCCCCCCCCC(=O)O. The normalized spacial score (nSPS) is 34.0. The molecule has 8 aliphatic rings. The zero-order chi connectivity index (χ0) is 54.8. The van der Waals surface area contributed by atoms with Crippen molar-refractivity contribution in [1.82, 2.24) is 0 Å². The van der Waals surface area contributed by atoms with Crippen molar-refractivity contribution in [2.45, 2.75) is 264 Å². The number of fused-ring (bicyclic) bond motifs is 10. The molecule has 418 valence electrons. The second kappa shape index (κ2) is 29.3. The number of carbonyl (C=O) groups is 4. The zero-order valence-corrected chi connectivity index (χ0v) is 47.5. The van der Waals surface area contributed by atoms with Gasteiger partial charge >= 0.3 is 11.9 Å². The molecule has 0 saturated heterocycles. The molecule has 4 N–H and O–H groups in total. The van der Waals surface area contributed by atoms with Gasteiger partial charge in [-0.25, -0.2) is 0 Å². The van der Waals surface area contributed by atoms with Crippen molar-refractivity contribution in [3.05, 3.63) is 47.6 Å². The van der Waals surface area contributed by atoms with Gasteiger partial charge in [-0.15, -0.1) is 12.8 Å². The van der Waals surface area contributed by atoms with Gasteiger partial charge in [0.2, 0.25) is 0 Å². The largest absolute Gasteiger partial charge is 0.481 e. The summed E-state index contributed by atoms with van der Waals surface area (Å²) in [6, 6.07) is 0. The molecule has 0 heterocycles. The second-order valence-electron chi connectivity index (χ2n) is 24.7. The highest BCUT2D eigenvalue weighted by atomic mass is 16.4. The first-order valence-corrected chi connectivity index (χ1v) is 30.6. The third kappa shape index (κ3) is 14.7. The molecule has 0 aromatic carbocycles. The van der Waals surface area contributed by atoms with Crippen molar-refractivity contribution in [2.24, 2.45) is 58.2 Å². The molecular weight excluding hydrogens is 933 g/mol. The highest BCUT2D eigenvalue weighted by molar-refractivity contribution is 5.92. The van der Waals surface area contributed by atoms with E-state index in [2.05, 4.69) is 52.7 Å². The summed E-state index contributed by atoms with van der Waals surface area (Å²) < 4.78 is 0. The summed E-state index contributed by atoms with van der Waals surface area (Å²) in [4.78, 5) is 44.0. The predicted molar refractivity (Wildman–Crippen MR) is 304 cm³/mol. The monoisotopic (exact) mass is 1030 g/mol. The van der Waals surface area contributed by atoms with Gasteiger partial charge in [-0.2, -0.15) is 0 Å². The fourth-order valence-electron chi connectivity index (χ4n) is 16.8. The summed E-state index contributed by atoms with van der Waals surface area (Å²) in [5, 5.41) is 39.2. The molecule has 8 heteroatoms. The van der Waals surface area contributed by atoms with Gasteiger partial charge in [0.1, 0.15) is 11.2 Å². The topological polar surface area (TPSA) is 149 Å². The third-order valence-corrected chi connectivity index (χ3v) is 20.6. The first-order valence-electron chi connectivity index (χ1n) is 30.6. The Morgan fingerprint density at radius 1 is 0.533 bits per heavy atom. The molecule has 8 rings (SSSR count). The number of aliphatic carboxylic acids is 2. The van der Waals surface area contributed by atoms with E-state index in [4.69, 9.17) is 23.1 Å². The van der Waals surface area contributed by atoms with E-state index < -0.39 is 23.1 Å². The van der Waals surface area contributed by atoms with Gasteiger partial charge in [0, 0.05) is 36.5 Å². The van der Waals surface area contributed by atoms with Gasteiger partial charge in [-0.3, -0.25) is 19.2 Å². The molecule has 0 bridgehead atoms. The molecular formula is C67H102O8. The van der Waals surface area contributed by atoms with Crippen molar-refractivity contribution in [3.8, 4) is 24.7 Å². The van der Waals surface area contributed by atoms with Crippen LogP contribution in [0.5, 0.6) is 0 Å². The molecule has 6 saturated carbocycles. The van der Waals surface area contributed by atoms with Crippen molar-refractivity contribution in [2.75, 3.05) is 0 Å². The molecule has 0 aromatic heterocycles. The molecule has 12 atom stereocenters. The lowest BCUT2D eigenvalue weighted by Gasteiger charge is -2.56. The van der Waals surface area contributed by atoms with E-state index in [1.165, 1.54) is 106 Å². The van der Waals surface area contributed by atoms with Crippen LogP contribution in [0, 0.1) is 82.9 Å². The predicted octanol–water partition coefficient (Wildman–Crippen LogP) is 15.7. The maximum Gasteiger partial charge on any atom is 0.303 e. The number of carboxylic acid groups (broad SMARTS) is 2. The Morgan fingerprint density at radius 2 is 0.867 bits per heavy atom. The van der Waals surface area contributed by atoms with E-state index in [0.29, 0.717) is 84.6 Å². The van der Waals surface area contributed by atoms with Gasteiger partial charge in [0.15, 0.2) is 11.6 Å². The van der Waals surface area contributed by atoms with Gasteiger partial charge in [0.25, 0.3) is 0 Å². The van der Waals surface area contributed by atoms with Crippen LogP contribution in [0.25, 0.3) is 0 Å². The number of terminal acetylenes is 2. The van der Waals surface area contributed by atoms with E-state index >= 15 is 0 Å². The van der Waals surface area contributed by atoms with E-state index in [0.717, 1.165) is 116 Å². The molecule has 8 nitrogen and oxygen atoms in total. The van der Waals surface area contributed by atoms with Crippen molar-refractivity contribution >= 4 is 23.5 Å². The summed E-state index contributed by atoms with van der Waals surface area (Å²) in [5.74, 6) is 8.94. The first kappa shape index (κ1) is 62.1. The molecule has 0 unspecified atom stereocenters. The number of hydrogen-bond donors (Lipinski definition) is 4. The Hall–Kier alpha value is -3.72. The smallest absolute Gasteiger partial charge is 0.303 e. The Balaban J connectivity index is 0.000000193. The van der Waals surface area contributed by atoms with Crippen molar-refractivity contribution < 1.29 is 39.6 Å². The van der Waals surface area contributed by atoms with Crippen LogP contribution in [-0.4, -0.2) is 55.1 Å². The fourth-order valence-corrected chi connectivity index (χ4v) is 16.8. The van der Waals surface area contributed by atoms with Gasteiger partial charge in [-0.05, 0) is 162 Å². The minimum absolute atomic E-state index is 0.189. The van der Waals surface area contributed by atoms with Gasteiger partial charge in [-0.1, -0.05) is 171 Å². The number of unbranched alkanes of at least 4 members (excludes halogenated alkanes) is 15. The average Bonchev–Trinajstić information content (AvgIpc) is 3.87. The standard InChI is InChI=1S/2C22H28O2.C12H24O2.C11H22O2/c2*1-4-21-13-14(3)20-17-9-7-16(23)12-15(17)6-8-18(20)19(21)10-11-22(21,24)5-2;1-2-3-4-5-6-7-8-9-10-11-12(13)14;1-2-3-4-5-6-7-8-9-10-11(12)13/h2*2,12,17-20,24H,3-4,6-11,13H2,1H3;2-11H2,1H3,(H,13,14);2-10H2,1H3,(H,12,13)/t2*17-,18-,19-,20+,21-,22-;;/m00../s1. The first-order chi connectivity index (χ1) is 35.9. The van der Waals surface area contributed by atoms with Crippen LogP contribution in [0.15, 0.2) is 47.6 Å². The van der Waals surface area contributed by atoms with Crippen molar-refractivity contribution in [3.63, 3.8) is 0 Å². The van der Waals surface area contributed by atoms with Crippen LogP contribution < -0.4 is 0 Å². The number of carbonyl (C=O) groups excluding carboxylic acids is 2. The molecule has 6 fully saturated rings. The van der Waals surface area contributed by atoms with E-state index in [-0.39, 0.29) is 10.8 Å². The van der Waals surface area contributed by atoms with E-state index in [9.17, 15) is 29.4 Å². The average molecular weight is 1040 g/mol. The Bertz CT molecular complexity index is 1980. The van der Waals surface area contributed by atoms with Gasteiger partial charge in [0.05, 0.1) is 0 Å². The number of allylic oxidation sites excluding steroid dienone is 4. The molecule has 0 spiro atoms. The summed E-state index contributed by atoms with van der Waals surface area (Å²) in [6.07, 6.45) is 51.7. The van der Waals surface area contributed by atoms with E-state index in [1.54, 1.807) is 0 Å². The highest BCUT2D eigenvalue weighted by Crippen LogP contribution is 2.69. The quantitative estimate of drug-likeness (QED) is 0.0504. The van der Waals surface area contributed by atoms with Crippen molar-refractivity contribution in [1.29, 1.82) is 0 Å². The van der Waals surface area contributed by atoms with Crippen LogP contribution >= 0.6 is 0 Å². The lowest BCUT2D eigenvalue weighted by molar-refractivity contribution is -0.138. The molecule has 0 radical (unpaired) electrons. The second-order valence-corrected chi connectivity index (χ2v) is 24.7. The molecule has 75 heavy (non-hydrogen) atoms. The number of ketones is 2. The molecule has 0 aliphatic heterocycles. The van der Waals surface area contributed by atoms with Gasteiger partial charge < -0.3 is 20.4 Å². The zero-order valence-electron chi connectivity index (χ0n) is 47.5. The van der Waals surface area contributed by atoms with E-state index in [1.807, 2.05) is 12.2 Å². The molecule has 0 aromatic rings. The summed E-state index contributed by atoms with van der Waals surface area (Å²) in [6.45, 7) is 17.7. The minimum Gasteiger partial charge on any atom is -0.481 e. The maximum absolute atomic E-state index is 11.8. The summed E-state index contributed by atoms with van der Waals surface area (Å²) in [7, 11) is 0. The highest BCUT2D eigenvalue weighted by Gasteiger charge is 2.66. The Morgan fingerprint density at radius 3 is 1.17 bits per heavy atom. The number of hydrogen-bond acceptors (Lipinski definition) is 6. The lowest BCUT2D eigenvalue weighted by atomic mass is 9.48. The lowest BCUT2D eigenvalue weighted by Crippen LogP contribution is -2.54. The Kier molecular flexibility index (Phi) is 24.3. The summed E-state index contributed by atoms with van der Waals surface area (Å²) >= 11 is 0. The maximum atomic E-state index is 11.8. The van der Waals surface area contributed by atoms with Crippen LogP contribution in [0.4, 0.5) is 0 Å². The number of carboxylic acids is 2. The van der Waals surface area contributed by atoms with Crippen LogP contribution in [-0.2, 0) is 19.2 Å². The molecule has 8 aliphatic carbocycles. The van der Waals surface area contributed by atoms with Crippen LogP contribution in [0.2, 0.25) is 0 Å². The van der Waals surface area contributed by atoms with Crippen LogP contribution in [0.3, 0.4) is 0 Å². The Labute approximate surface area is 455 Å². The molecule has 0 amide bonds. The fraction of sp³-hybridized carbons (Fsp3) is 0.761. The summed E-state index contributed by atoms with van der Waals surface area (Å²) in [5.41, 5.74) is 2.96. The van der Waals surface area contributed by atoms with Crippen LogP contribution in [0.1, 0.15) is 252 Å². The number of rotatable bonds is 21. The number of aliphatic hydroxyl groups is 2. The third-order valence-electron chi connectivity index (χ3n) is 20.6.